The Morgan fingerprint density at radius 2 is 2.08 bits per heavy atom. The first-order valence-electron chi connectivity index (χ1n) is 8.53. The van der Waals surface area contributed by atoms with E-state index in [9.17, 15) is 5.11 Å². The Kier molecular flexibility index (Phi) is 4.55. The largest absolute Gasteiger partial charge is 0.497 e. The van der Waals surface area contributed by atoms with E-state index in [1.165, 1.54) is 0 Å². The van der Waals surface area contributed by atoms with E-state index in [4.69, 9.17) is 9.72 Å². The fraction of sp³-hybridized carbons (Fsp3) is 0.368. The summed E-state index contributed by atoms with van der Waals surface area (Å²) < 4.78 is 6.40. The first-order chi connectivity index (χ1) is 12.3. The minimum absolute atomic E-state index is 0.294. The van der Waals surface area contributed by atoms with Gasteiger partial charge in [-0.25, -0.2) is 9.97 Å². The quantitative estimate of drug-likeness (QED) is 0.775. The van der Waals surface area contributed by atoms with Crippen molar-refractivity contribution in [1.29, 1.82) is 0 Å². The van der Waals surface area contributed by atoms with Crippen molar-refractivity contribution in [1.82, 2.24) is 9.97 Å². The third kappa shape index (κ3) is 3.32. The van der Waals surface area contributed by atoms with Gasteiger partial charge in [0.25, 0.3) is 0 Å². The van der Waals surface area contributed by atoms with E-state index in [2.05, 4.69) is 22.0 Å². The maximum Gasteiger partial charge on any atom is 0.128 e. The summed E-state index contributed by atoms with van der Waals surface area (Å²) >= 11 is 1.65. The van der Waals surface area contributed by atoms with Gasteiger partial charge in [-0.05, 0) is 49.1 Å². The molecule has 0 saturated carbocycles. The molecule has 0 radical (unpaired) electrons. The molecule has 25 heavy (non-hydrogen) atoms. The number of aliphatic hydroxyl groups excluding tert-OH is 1. The summed E-state index contributed by atoms with van der Waals surface area (Å²) in [4.78, 5) is 11.6. The fourth-order valence-electron chi connectivity index (χ4n) is 3.20. The van der Waals surface area contributed by atoms with E-state index < -0.39 is 0 Å². The molecule has 0 spiro atoms. The number of ether oxygens (including phenoxy) is 1. The fourth-order valence-corrected chi connectivity index (χ4v) is 4.18. The van der Waals surface area contributed by atoms with Crippen LogP contribution in [0.4, 0.5) is 5.82 Å². The van der Waals surface area contributed by atoms with Gasteiger partial charge in [-0.3, -0.25) is 0 Å². The second kappa shape index (κ2) is 6.98. The number of aromatic nitrogens is 2. The molecule has 1 N–H and O–H groups in total. The van der Waals surface area contributed by atoms with Gasteiger partial charge in [0, 0.05) is 31.5 Å². The Labute approximate surface area is 150 Å². The van der Waals surface area contributed by atoms with E-state index in [0.29, 0.717) is 12.5 Å². The van der Waals surface area contributed by atoms with E-state index in [1.54, 1.807) is 18.4 Å². The van der Waals surface area contributed by atoms with Crippen LogP contribution in [0.3, 0.4) is 0 Å². The Hall–Kier alpha value is -2.18. The van der Waals surface area contributed by atoms with Crippen LogP contribution in [0.5, 0.6) is 5.75 Å². The van der Waals surface area contributed by atoms with Gasteiger partial charge in [0.05, 0.1) is 17.3 Å². The lowest BCUT2D eigenvalue weighted by Gasteiger charge is -2.31. The zero-order chi connectivity index (χ0) is 17.2. The third-order valence-corrected chi connectivity index (χ3v) is 5.85. The van der Waals surface area contributed by atoms with Gasteiger partial charge in [-0.15, -0.1) is 11.3 Å². The van der Waals surface area contributed by atoms with Crippen LogP contribution in [0.15, 0.2) is 36.5 Å². The molecule has 3 heterocycles. The van der Waals surface area contributed by atoms with E-state index in [-0.39, 0.29) is 0 Å². The zero-order valence-corrected chi connectivity index (χ0v) is 15.0. The van der Waals surface area contributed by atoms with Gasteiger partial charge in [-0.1, -0.05) is 0 Å². The van der Waals surface area contributed by atoms with Crippen molar-refractivity contribution in [3.05, 3.63) is 36.5 Å². The lowest BCUT2D eigenvalue weighted by molar-refractivity contribution is 0.203. The number of pyridine rings is 1. The average Bonchev–Trinajstić information content (AvgIpc) is 3.11. The maximum absolute atomic E-state index is 9.26. The normalized spacial score (nSPS) is 15.7. The molecule has 0 unspecified atom stereocenters. The van der Waals surface area contributed by atoms with Crippen LogP contribution in [-0.4, -0.2) is 41.9 Å². The lowest BCUT2D eigenvalue weighted by Crippen LogP contribution is -2.35. The Morgan fingerprint density at radius 3 is 2.76 bits per heavy atom. The smallest absolute Gasteiger partial charge is 0.128 e. The minimum atomic E-state index is 0.294. The number of benzene rings is 1. The van der Waals surface area contributed by atoms with Crippen molar-refractivity contribution < 1.29 is 9.84 Å². The van der Waals surface area contributed by atoms with E-state index >= 15 is 0 Å². The molecule has 2 aromatic heterocycles. The molecular formula is C19H21N3O2S. The Balaban J connectivity index is 1.54. The van der Waals surface area contributed by atoms with Crippen LogP contribution in [0.25, 0.3) is 20.8 Å². The van der Waals surface area contributed by atoms with Gasteiger partial charge in [0.15, 0.2) is 0 Å². The number of methoxy groups -OCH3 is 1. The van der Waals surface area contributed by atoms with Crippen molar-refractivity contribution in [2.24, 2.45) is 5.92 Å². The summed E-state index contributed by atoms with van der Waals surface area (Å²) in [5, 5.41) is 10.2. The molecule has 0 bridgehead atoms. The topological polar surface area (TPSA) is 58.5 Å². The number of thiazole rings is 1. The molecule has 1 saturated heterocycles. The van der Waals surface area contributed by atoms with Crippen LogP contribution in [-0.2, 0) is 0 Å². The molecule has 0 amide bonds. The molecule has 4 rings (SSSR count). The Morgan fingerprint density at radius 1 is 1.24 bits per heavy atom. The van der Waals surface area contributed by atoms with Crippen LogP contribution < -0.4 is 9.64 Å². The predicted octanol–water partition coefficient (Wildman–Crippen LogP) is 3.58. The highest BCUT2D eigenvalue weighted by Gasteiger charge is 2.19. The molecule has 1 aliphatic rings. The number of nitrogens with zero attached hydrogens (tertiary/aromatic N) is 3. The number of piperidine rings is 1. The molecule has 1 fully saturated rings. The summed E-state index contributed by atoms with van der Waals surface area (Å²) in [5.74, 6) is 2.29. The van der Waals surface area contributed by atoms with Gasteiger partial charge in [0.2, 0.25) is 0 Å². The first kappa shape index (κ1) is 16.3. The second-order valence-electron chi connectivity index (χ2n) is 6.37. The van der Waals surface area contributed by atoms with Crippen LogP contribution in [0.1, 0.15) is 12.8 Å². The second-order valence-corrected chi connectivity index (χ2v) is 7.40. The molecule has 0 aliphatic carbocycles. The van der Waals surface area contributed by atoms with Gasteiger partial charge < -0.3 is 14.7 Å². The standard InChI is InChI=1S/C19H21N3O2S/c1-24-15-3-4-16-17(10-15)25-19(21-16)14-2-5-18(20-11-14)22-8-6-13(12-23)7-9-22/h2-5,10-11,13,23H,6-9,12H2,1H3. The molecular weight excluding hydrogens is 334 g/mol. The number of aliphatic hydroxyl groups is 1. The van der Waals surface area contributed by atoms with Crippen molar-refractivity contribution >= 4 is 27.4 Å². The lowest BCUT2D eigenvalue weighted by atomic mass is 9.98. The van der Waals surface area contributed by atoms with Crippen molar-refractivity contribution in [3.8, 4) is 16.3 Å². The first-order valence-corrected chi connectivity index (χ1v) is 9.35. The number of rotatable bonds is 4. The molecule has 0 atom stereocenters. The van der Waals surface area contributed by atoms with Crippen molar-refractivity contribution in [2.75, 3.05) is 31.7 Å². The van der Waals surface area contributed by atoms with Crippen LogP contribution in [0.2, 0.25) is 0 Å². The predicted molar refractivity (Wildman–Crippen MR) is 101 cm³/mol. The van der Waals surface area contributed by atoms with Crippen LogP contribution in [0, 0.1) is 5.92 Å². The summed E-state index contributed by atoms with van der Waals surface area (Å²) in [6, 6.07) is 10.1. The molecule has 1 aromatic carbocycles. The number of hydrogen-bond acceptors (Lipinski definition) is 6. The van der Waals surface area contributed by atoms with Gasteiger partial charge in [-0.2, -0.15) is 0 Å². The summed E-state index contributed by atoms with van der Waals surface area (Å²) in [6.07, 6.45) is 3.96. The minimum Gasteiger partial charge on any atom is -0.497 e. The summed E-state index contributed by atoms with van der Waals surface area (Å²) in [7, 11) is 1.68. The number of hydrogen-bond donors (Lipinski definition) is 1. The molecule has 1 aliphatic heterocycles. The average molecular weight is 355 g/mol. The van der Waals surface area contributed by atoms with E-state index in [1.807, 2.05) is 24.4 Å². The third-order valence-electron chi connectivity index (χ3n) is 4.79. The summed E-state index contributed by atoms with van der Waals surface area (Å²) in [6.45, 7) is 2.21. The molecule has 6 heteroatoms. The van der Waals surface area contributed by atoms with Crippen molar-refractivity contribution in [2.45, 2.75) is 12.8 Å². The molecule has 3 aromatic rings. The van der Waals surface area contributed by atoms with Gasteiger partial charge >= 0.3 is 0 Å². The van der Waals surface area contributed by atoms with Crippen LogP contribution >= 0.6 is 11.3 Å². The van der Waals surface area contributed by atoms with E-state index in [0.717, 1.165) is 58.3 Å². The maximum atomic E-state index is 9.26. The monoisotopic (exact) mass is 355 g/mol. The molecule has 130 valence electrons. The van der Waals surface area contributed by atoms with Gasteiger partial charge in [0.1, 0.15) is 16.6 Å². The number of fused-ring (bicyclic) bond motifs is 1. The Bertz CT molecular complexity index is 855. The highest BCUT2D eigenvalue weighted by molar-refractivity contribution is 7.21. The zero-order valence-electron chi connectivity index (χ0n) is 14.2. The van der Waals surface area contributed by atoms with Crippen molar-refractivity contribution in [3.63, 3.8) is 0 Å². The highest BCUT2D eigenvalue weighted by Crippen LogP contribution is 2.32. The molecule has 5 nitrogen and oxygen atoms in total. The summed E-state index contributed by atoms with van der Waals surface area (Å²) in [5.41, 5.74) is 2.02. The highest BCUT2D eigenvalue weighted by atomic mass is 32.1. The number of anilines is 1. The SMILES string of the molecule is COc1ccc2nc(-c3ccc(N4CCC(CO)CC4)nc3)sc2c1.